The van der Waals surface area contributed by atoms with Gasteiger partial charge < -0.3 is 19.4 Å². The Morgan fingerprint density at radius 2 is 2.09 bits per heavy atom. The lowest BCUT2D eigenvalue weighted by molar-refractivity contribution is -0.114. The summed E-state index contributed by atoms with van der Waals surface area (Å²) < 4.78 is 32.1. The summed E-state index contributed by atoms with van der Waals surface area (Å²) in [5.41, 5.74) is 1.56. The number of carbonyl (C=O) groups is 1. The Labute approximate surface area is 190 Å². The van der Waals surface area contributed by atoms with Gasteiger partial charge in [0.05, 0.1) is 18.2 Å². The van der Waals surface area contributed by atoms with E-state index in [1.54, 1.807) is 37.6 Å². The zero-order chi connectivity index (χ0) is 23.9. The summed E-state index contributed by atoms with van der Waals surface area (Å²) in [7, 11) is -1.84. The highest BCUT2D eigenvalue weighted by Crippen LogP contribution is 2.30. The molecule has 1 fully saturated rings. The van der Waals surface area contributed by atoms with E-state index in [0.29, 0.717) is 46.8 Å². The summed E-state index contributed by atoms with van der Waals surface area (Å²) >= 11 is 0. The predicted octanol–water partition coefficient (Wildman–Crippen LogP) is 0.548. The summed E-state index contributed by atoms with van der Waals surface area (Å²) in [5.74, 6) is 0.654. The molecule has 12 heteroatoms. The number of aliphatic hydroxyl groups excluding tert-OH is 1. The van der Waals surface area contributed by atoms with Gasteiger partial charge in [-0.2, -0.15) is 4.31 Å². The lowest BCUT2D eigenvalue weighted by Crippen LogP contribution is -2.54. The summed E-state index contributed by atoms with van der Waals surface area (Å²) in [5, 5.41) is 13.3. The quantitative estimate of drug-likeness (QED) is 0.546. The number of piperazine rings is 1. The SMILES string of the molecule is CC(=O)Nc1cc(-c2cn(C)c(=O)c3cc(CN4CCN(S(C)(=O)=O)[C@@H](O)C4)oc23)ccn1. The average Bonchev–Trinajstić information content (AvgIpc) is 3.13. The third-order valence-electron chi connectivity index (χ3n) is 5.47. The number of hydrogen-bond acceptors (Lipinski definition) is 8. The number of aliphatic hydroxyl groups is 1. The molecule has 0 unspecified atom stereocenters. The summed E-state index contributed by atoms with van der Waals surface area (Å²) in [6, 6.07) is 5.13. The van der Waals surface area contributed by atoms with Gasteiger partial charge in [-0.1, -0.05) is 0 Å². The Hall–Kier alpha value is -3.06. The fourth-order valence-electron chi connectivity index (χ4n) is 3.99. The highest BCUT2D eigenvalue weighted by atomic mass is 32.2. The Kier molecular flexibility index (Phi) is 6.10. The van der Waals surface area contributed by atoms with Crippen LogP contribution in [0.25, 0.3) is 22.1 Å². The maximum absolute atomic E-state index is 12.7. The number of β-amino-alcohol motifs (C(OH)–C–C–N with tert-alkyl or cyclic N) is 1. The van der Waals surface area contributed by atoms with Crippen molar-refractivity contribution in [3.8, 4) is 11.1 Å². The molecular weight excluding hydrogens is 450 g/mol. The van der Waals surface area contributed by atoms with Gasteiger partial charge in [-0.25, -0.2) is 13.4 Å². The molecule has 1 aliphatic rings. The van der Waals surface area contributed by atoms with Crippen molar-refractivity contribution in [1.29, 1.82) is 0 Å². The first-order valence-corrected chi connectivity index (χ1v) is 12.1. The Bertz CT molecular complexity index is 1380. The van der Waals surface area contributed by atoms with E-state index in [1.165, 1.54) is 11.5 Å². The normalized spacial score (nSPS) is 18.0. The number of amides is 1. The van der Waals surface area contributed by atoms with Gasteiger partial charge in [-0.05, 0) is 23.8 Å². The van der Waals surface area contributed by atoms with E-state index in [4.69, 9.17) is 4.42 Å². The van der Waals surface area contributed by atoms with Crippen LogP contribution in [0.2, 0.25) is 0 Å². The molecule has 0 aliphatic carbocycles. The van der Waals surface area contributed by atoms with Crippen molar-refractivity contribution in [2.24, 2.45) is 7.05 Å². The van der Waals surface area contributed by atoms with Gasteiger partial charge in [0.15, 0.2) is 0 Å². The molecule has 1 saturated heterocycles. The molecule has 33 heavy (non-hydrogen) atoms. The molecule has 0 radical (unpaired) electrons. The molecule has 4 heterocycles. The van der Waals surface area contributed by atoms with E-state index < -0.39 is 16.3 Å². The molecule has 4 rings (SSSR count). The van der Waals surface area contributed by atoms with Crippen LogP contribution in [0.15, 0.2) is 39.8 Å². The Morgan fingerprint density at radius 1 is 1.33 bits per heavy atom. The maximum atomic E-state index is 12.7. The average molecular weight is 476 g/mol. The third kappa shape index (κ3) is 4.83. The second-order valence-corrected chi connectivity index (χ2v) is 10.0. The minimum atomic E-state index is -3.49. The van der Waals surface area contributed by atoms with Crippen molar-refractivity contribution in [1.82, 2.24) is 18.8 Å². The van der Waals surface area contributed by atoms with E-state index in [1.807, 2.05) is 4.90 Å². The number of nitrogens with one attached hydrogen (secondary N) is 1. The van der Waals surface area contributed by atoms with Gasteiger partial charge in [0, 0.05) is 51.6 Å². The summed E-state index contributed by atoms with van der Waals surface area (Å²) in [6.07, 6.45) is 3.15. The molecule has 3 aromatic heterocycles. The van der Waals surface area contributed by atoms with Gasteiger partial charge in [0.1, 0.15) is 23.4 Å². The first-order chi connectivity index (χ1) is 15.5. The van der Waals surface area contributed by atoms with Gasteiger partial charge in [-0.3, -0.25) is 14.5 Å². The van der Waals surface area contributed by atoms with Crippen LogP contribution in [0.5, 0.6) is 0 Å². The number of sulfonamides is 1. The minimum Gasteiger partial charge on any atom is -0.459 e. The van der Waals surface area contributed by atoms with Crippen molar-refractivity contribution in [3.05, 3.63) is 46.7 Å². The highest BCUT2D eigenvalue weighted by Gasteiger charge is 2.31. The fraction of sp³-hybridized carbons (Fsp3) is 0.381. The predicted molar refractivity (Wildman–Crippen MR) is 122 cm³/mol. The van der Waals surface area contributed by atoms with Crippen LogP contribution in [0.4, 0.5) is 5.82 Å². The summed E-state index contributed by atoms with van der Waals surface area (Å²) in [4.78, 5) is 30.1. The molecule has 1 aliphatic heterocycles. The topological polar surface area (TPSA) is 138 Å². The largest absolute Gasteiger partial charge is 0.459 e. The van der Waals surface area contributed by atoms with Crippen molar-refractivity contribution < 1.29 is 22.7 Å². The maximum Gasteiger partial charge on any atom is 0.261 e. The number of carbonyl (C=O) groups excluding carboxylic acids is 1. The molecule has 1 amide bonds. The smallest absolute Gasteiger partial charge is 0.261 e. The molecule has 0 aromatic carbocycles. The van der Waals surface area contributed by atoms with Crippen LogP contribution in [0.3, 0.4) is 0 Å². The van der Waals surface area contributed by atoms with Crippen LogP contribution in [-0.2, 0) is 28.4 Å². The van der Waals surface area contributed by atoms with Gasteiger partial charge >= 0.3 is 0 Å². The van der Waals surface area contributed by atoms with E-state index in [-0.39, 0.29) is 24.6 Å². The first kappa shape index (κ1) is 23.1. The standard InChI is InChI=1S/C21H25N5O6S/c1-13(27)23-18-8-14(4-5-22-18)17-11-24(2)21(29)16-9-15(32-20(16)17)10-25-6-7-26(19(28)12-25)33(3,30)31/h4-5,8-9,11,19,28H,6-7,10,12H2,1-3H3,(H,22,23,27)/t19-/m0/s1. The molecule has 0 saturated carbocycles. The second-order valence-electron chi connectivity index (χ2n) is 8.11. The van der Waals surface area contributed by atoms with Crippen molar-refractivity contribution >= 4 is 32.7 Å². The number of rotatable bonds is 5. The van der Waals surface area contributed by atoms with Crippen LogP contribution in [-0.4, -0.2) is 70.3 Å². The number of aryl methyl sites for hydroxylation is 1. The van der Waals surface area contributed by atoms with Crippen LogP contribution in [0.1, 0.15) is 12.7 Å². The van der Waals surface area contributed by atoms with Gasteiger partial charge in [0.2, 0.25) is 15.9 Å². The molecule has 0 bridgehead atoms. The molecule has 1 atom stereocenters. The number of furan rings is 1. The minimum absolute atomic E-state index is 0.124. The molecule has 11 nitrogen and oxygen atoms in total. The monoisotopic (exact) mass is 475 g/mol. The van der Waals surface area contributed by atoms with Crippen LogP contribution >= 0.6 is 0 Å². The van der Waals surface area contributed by atoms with E-state index in [0.717, 1.165) is 10.6 Å². The van der Waals surface area contributed by atoms with Gasteiger partial charge in [-0.15, -0.1) is 0 Å². The number of anilines is 1. The molecule has 3 aromatic rings. The molecular formula is C21H25N5O6S. The van der Waals surface area contributed by atoms with Crippen molar-refractivity contribution in [3.63, 3.8) is 0 Å². The fourth-order valence-corrected chi connectivity index (χ4v) is 4.91. The number of hydrogen-bond donors (Lipinski definition) is 2. The summed E-state index contributed by atoms with van der Waals surface area (Å²) in [6.45, 7) is 2.40. The zero-order valence-electron chi connectivity index (χ0n) is 18.5. The number of nitrogens with zero attached hydrogens (tertiary/aromatic N) is 4. The van der Waals surface area contributed by atoms with E-state index in [9.17, 15) is 23.1 Å². The van der Waals surface area contributed by atoms with Crippen molar-refractivity contribution in [2.75, 3.05) is 31.2 Å². The van der Waals surface area contributed by atoms with E-state index >= 15 is 0 Å². The molecule has 2 N–H and O–H groups in total. The van der Waals surface area contributed by atoms with E-state index in [2.05, 4.69) is 10.3 Å². The molecule has 0 spiro atoms. The number of aromatic nitrogens is 2. The zero-order valence-corrected chi connectivity index (χ0v) is 19.3. The highest BCUT2D eigenvalue weighted by molar-refractivity contribution is 7.88. The van der Waals surface area contributed by atoms with Gasteiger partial charge in [0.25, 0.3) is 5.56 Å². The Morgan fingerprint density at radius 3 is 2.76 bits per heavy atom. The number of pyridine rings is 2. The van der Waals surface area contributed by atoms with Crippen LogP contribution in [0, 0.1) is 0 Å². The lowest BCUT2D eigenvalue weighted by atomic mass is 10.1. The third-order valence-corrected chi connectivity index (χ3v) is 6.75. The second kappa shape index (κ2) is 8.71. The molecule has 176 valence electrons. The number of fused-ring (bicyclic) bond motifs is 1. The lowest BCUT2D eigenvalue weighted by Gasteiger charge is -2.36. The first-order valence-electron chi connectivity index (χ1n) is 10.3. The van der Waals surface area contributed by atoms with Crippen LogP contribution < -0.4 is 10.9 Å². The Balaban J connectivity index is 1.66. The van der Waals surface area contributed by atoms with Crippen molar-refractivity contribution in [2.45, 2.75) is 19.7 Å².